The maximum Gasteiger partial charge on any atom is 0.313 e. The van der Waals surface area contributed by atoms with Crippen LogP contribution in [0.1, 0.15) is 11.3 Å². The minimum absolute atomic E-state index is 0.216. The first-order valence-corrected chi connectivity index (χ1v) is 9.94. The molecule has 0 aliphatic carbocycles. The summed E-state index contributed by atoms with van der Waals surface area (Å²) in [4.78, 5) is 15.0. The Labute approximate surface area is 156 Å². The lowest BCUT2D eigenvalue weighted by Gasteiger charge is -2.16. The summed E-state index contributed by atoms with van der Waals surface area (Å²) in [5.41, 5.74) is 0. The van der Waals surface area contributed by atoms with Crippen LogP contribution in [0.5, 0.6) is 5.06 Å². The highest BCUT2D eigenvalue weighted by Crippen LogP contribution is 2.18. The summed E-state index contributed by atoms with van der Waals surface area (Å²) in [6, 6.07) is 7.84. The van der Waals surface area contributed by atoms with Gasteiger partial charge >= 0.3 is 5.97 Å². The summed E-state index contributed by atoms with van der Waals surface area (Å²) in [6.07, 6.45) is 0.351. The molecule has 0 bridgehead atoms. The molecule has 0 radical (unpaired) electrons. The third-order valence-electron chi connectivity index (χ3n) is 3.21. The van der Waals surface area contributed by atoms with Gasteiger partial charge < -0.3 is 20.1 Å². The van der Waals surface area contributed by atoms with Crippen LogP contribution < -0.4 is 15.4 Å². The number of carbonyl (C=O) groups is 1. The van der Waals surface area contributed by atoms with E-state index in [4.69, 9.17) is 9.47 Å². The highest BCUT2D eigenvalue weighted by atomic mass is 32.1. The van der Waals surface area contributed by atoms with Gasteiger partial charge in [0.25, 0.3) is 0 Å². The van der Waals surface area contributed by atoms with Gasteiger partial charge in [0.1, 0.15) is 0 Å². The van der Waals surface area contributed by atoms with Crippen LogP contribution in [0.3, 0.4) is 0 Å². The second kappa shape index (κ2) is 12.1. The molecule has 0 amide bonds. The van der Waals surface area contributed by atoms with Gasteiger partial charge in [0, 0.05) is 31.2 Å². The van der Waals surface area contributed by atoms with Crippen molar-refractivity contribution in [2.75, 3.05) is 40.1 Å². The van der Waals surface area contributed by atoms with Gasteiger partial charge in [0.2, 0.25) is 0 Å². The number of thiophene rings is 2. The van der Waals surface area contributed by atoms with E-state index in [1.54, 1.807) is 17.4 Å². The fourth-order valence-corrected chi connectivity index (χ4v) is 3.39. The molecule has 0 aliphatic rings. The lowest BCUT2D eigenvalue weighted by Crippen LogP contribution is -2.33. The largest absolute Gasteiger partial charge is 0.415 e. The standard InChI is InChI=1S/C17H25N3O3S2/c1-20(12-15-4-2-10-24-15)14-22-9-8-19-13-18-7-6-16(21)23-17-5-3-11-25-17/h2-5,10-11,18-19H,6-9,12-14H2,1H3. The Morgan fingerprint density at radius 3 is 2.72 bits per heavy atom. The Balaban J connectivity index is 1.36. The minimum atomic E-state index is -0.216. The van der Waals surface area contributed by atoms with Crippen LogP contribution in [-0.2, 0) is 16.1 Å². The molecule has 2 rings (SSSR count). The summed E-state index contributed by atoms with van der Waals surface area (Å²) in [7, 11) is 2.05. The van der Waals surface area contributed by atoms with Crippen molar-refractivity contribution >= 4 is 28.6 Å². The molecule has 6 nitrogen and oxygen atoms in total. The highest BCUT2D eigenvalue weighted by molar-refractivity contribution is 7.11. The summed E-state index contributed by atoms with van der Waals surface area (Å²) in [6.45, 7) is 4.16. The molecule has 138 valence electrons. The molecular weight excluding hydrogens is 358 g/mol. The number of ether oxygens (including phenoxy) is 2. The van der Waals surface area contributed by atoms with E-state index in [1.807, 2.05) is 18.5 Å². The van der Waals surface area contributed by atoms with Gasteiger partial charge in [0.15, 0.2) is 5.06 Å². The molecule has 8 heteroatoms. The zero-order valence-electron chi connectivity index (χ0n) is 14.4. The van der Waals surface area contributed by atoms with Gasteiger partial charge in [0.05, 0.1) is 19.8 Å². The smallest absolute Gasteiger partial charge is 0.313 e. The molecule has 0 saturated carbocycles. The van der Waals surface area contributed by atoms with E-state index in [0.29, 0.717) is 38.0 Å². The topological polar surface area (TPSA) is 62.8 Å². The van der Waals surface area contributed by atoms with Crippen molar-refractivity contribution in [2.45, 2.75) is 13.0 Å². The molecule has 2 aromatic rings. The number of carbonyl (C=O) groups excluding carboxylic acids is 1. The second-order valence-corrected chi connectivity index (χ2v) is 7.41. The lowest BCUT2D eigenvalue weighted by molar-refractivity contribution is -0.134. The predicted molar refractivity (Wildman–Crippen MR) is 102 cm³/mol. The normalized spacial score (nSPS) is 11.1. The van der Waals surface area contributed by atoms with Gasteiger partial charge in [-0.2, -0.15) is 0 Å². The van der Waals surface area contributed by atoms with Crippen molar-refractivity contribution in [1.29, 1.82) is 0 Å². The number of hydrogen-bond acceptors (Lipinski definition) is 8. The van der Waals surface area contributed by atoms with Crippen molar-refractivity contribution < 1.29 is 14.3 Å². The molecule has 0 aliphatic heterocycles. The quantitative estimate of drug-likeness (QED) is 0.315. The molecule has 2 aromatic heterocycles. The van der Waals surface area contributed by atoms with E-state index >= 15 is 0 Å². The summed E-state index contributed by atoms with van der Waals surface area (Å²) >= 11 is 3.17. The Hall–Kier alpha value is -1.29. The lowest BCUT2D eigenvalue weighted by atomic mass is 10.4. The first kappa shape index (κ1) is 20.0. The average molecular weight is 384 g/mol. The number of nitrogens with one attached hydrogen (secondary N) is 2. The summed E-state index contributed by atoms with van der Waals surface area (Å²) in [5, 5.41) is 11.0. The van der Waals surface area contributed by atoms with Crippen molar-refractivity contribution in [3.63, 3.8) is 0 Å². The first-order valence-electron chi connectivity index (χ1n) is 8.18. The second-order valence-electron chi connectivity index (χ2n) is 5.46. The van der Waals surface area contributed by atoms with Crippen LogP contribution in [0.25, 0.3) is 0 Å². The van der Waals surface area contributed by atoms with Gasteiger partial charge in [-0.25, -0.2) is 0 Å². The number of rotatable bonds is 13. The van der Waals surface area contributed by atoms with Crippen molar-refractivity contribution in [3.05, 3.63) is 39.9 Å². The Morgan fingerprint density at radius 2 is 1.96 bits per heavy atom. The van der Waals surface area contributed by atoms with Gasteiger partial charge in [-0.3, -0.25) is 9.69 Å². The van der Waals surface area contributed by atoms with E-state index in [-0.39, 0.29) is 5.97 Å². The maximum atomic E-state index is 11.6. The van der Waals surface area contributed by atoms with Crippen molar-refractivity contribution in [1.82, 2.24) is 15.5 Å². The van der Waals surface area contributed by atoms with Crippen molar-refractivity contribution in [3.8, 4) is 5.06 Å². The third kappa shape index (κ3) is 9.10. The Kier molecular flexibility index (Phi) is 9.71. The Morgan fingerprint density at radius 1 is 1.16 bits per heavy atom. The molecule has 0 unspecified atom stereocenters. The monoisotopic (exact) mass is 383 g/mol. The third-order valence-corrected chi connectivity index (χ3v) is 4.81. The zero-order valence-corrected chi connectivity index (χ0v) is 16.0. The maximum absolute atomic E-state index is 11.6. The van der Waals surface area contributed by atoms with Crippen LogP contribution in [0.2, 0.25) is 0 Å². The van der Waals surface area contributed by atoms with Crippen LogP contribution in [0, 0.1) is 0 Å². The van der Waals surface area contributed by atoms with E-state index < -0.39 is 0 Å². The number of esters is 1. The molecule has 25 heavy (non-hydrogen) atoms. The molecule has 0 atom stereocenters. The molecule has 2 heterocycles. The minimum Gasteiger partial charge on any atom is -0.415 e. The van der Waals surface area contributed by atoms with E-state index in [9.17, 15) is 4.79 Å². The fraction of sp³-hybridized carbons (Fsp3) is 0.471. The van der Waals surface area contributed by atoms with Gasteiger partial charge in [-0.1, -0.05) is 6.07 Å². The van der Waals surface area contributed by atoms with Gasteiger partial charge in [-0.05, 0) is 36.0 Å². The predicted octanol–water partition coefficient (Wildman–Crippen LogP) is 2.35. The molecule has 0 saturated heterocycles. The number of nitrogens with zero attached hydrogens (tertiary/aromatic N) is 1. The van der Waals surface area contributed by atoms with Crippen LogP contribution in [0.4, 0.5) is 0 Å². The summed E-state index contributed by atoms with van der Waals surface area (Å²) < 4.78 is 10.8. The van der Waals surface area contributed by atoms with Crippen LogP contribution in [-0.4, -0.2) is 51.0 Å². The SMILES string of the molecule is CN(COCCNCNCCC(=O)Oc1cccs1)Cc1cccs1. The zero-order chi connectivity index (χ0) is 17.7. The number of hydrogen-bond donors (Lipinski definition) is 2. The van der Waals surface area contributed by atoms with Crippen molar-refractivity contribution in [2.24, 2.45) is 0 Å². The van der Waals surface area contributed by atoms with Gasteiger partial charge in [-0.15, -0.1) is 22.7 Å². The molecular formula is C17H25N3O3S2. The molecule has 0 fully saturated rings. The molecule has 0 aromatic carbocycles. The molecule has 2 N–H and O–H groups in total. The van der Waals surface area contributed by atoms with E-state index in [0.717, 1.165) is 13.1 Å². The molecule has 0 spiro atoms. The van der Waals surface area contributed by atoms with E-state index in [1.165, 1.54) is 16.2 Å². The first-order chi connectivity index (χ1) is 12.2. The fourth-order valence-electron chi connectivity index (χ4n) is 2.02. The van der Waals surface area contributed by atoms with Crippen LogP contribution >= 0.6 is 22.7 Å². The van der Waals surface area contributed by atoms with Crippen LogP contribution in [0.15, 0.2) is 35.0 Å². The van der Waals surface area contributed by atoms with E-state index in [2.05, 4.69) is 33.0 Å². The summed E-state index contributed by atoms with van der Waals surface area (Å²) in [5.74, 6) is -0.216. The highest BCUT2D eigenvalue weighted by Gasteiger charge is 2.04. The Bertz CT molecular complexity index is 576. The average Bonchev–Trinajstić information content (AvgIpc) is 3.27.